The van der Waals surface area contributed by atoms with Crippen molar-refractivity contribution >= 4 is 29.9 Å². The van der Waals surface area contributed by atoms with Crippen molar-refractivity contribution in [2.75, 3.05) is 19.6 Å². The quantitative estimate of drug-likeness (QED) is 0.408. The van der Waals surface area contributed by atoms with E-state index in [0.717, 1.165) is 30.3 Å². The van der Waals surface area contributed by atoms with Crippen LogP contribution in [0, 0.1) is 5.82 Å². The maximum Gasteiger partial charge on any atom is 0.194 e. The van der Waals surface area contributed by atoms with Crippen LogP contribution in [0.5, 0.6) is 0 Å². The Morgan fingerprint density at radius 2 is 2.04 bits per heavy atom. The van der Waals surface area contributed by atoms with Gasteiger partial charge in [0.15, 0.2) is 5.96 Å². The van der Waals surface area contributed by atoms with Crippen molar-refractivity contribution in [2.24, 2.45) is 4.99 Å². The van der Waals surface area contributed by atoms with E-state index in [0.29, 0.717) is 13.1 Å². The highest BCUT2D eigenvalue weighted by Gasteiger charge is 2.28. The van der Waals surface area contributed by atoms with Gasteiger partial charge in [-0.2, -0.15) is 0 Å². The molecular formula is C20H26FIN4O. The first-order valence-corrected chi connectivity index (χ1v) is 8.99. The molecule has 1 saturated heterocycles. The van der Waals surface area contributed by atoms with Gasteiger partial charge in [-0.15, -0.1) is 24.0 Å². The van der Waals surface area contributed by atoms with E-state index < -0.39 is 0 Å². The highest BCUT2D eigenvalue weighted by molar-refractivity contribution is 14.0. The normalized spacial score (nSPS) is 20.1. The Labute approximate surface area is 177 Å². The summed E-state index contributed by atoms with van der Waals surface area (Å²) in [5, 5.41) is 3.36. The van der Waals surface area contributed by atoms with Crippen molar-refractivity contribution in [2.45, 2.75) is 32.6 Å². The minimum atomic E-state index is -0.236. The Kier molecular flexibility index (Phi) is 8.43. The van der Waals surface area contributed by atoms with Crippen LogP contribution in [0.1, 0.15) is 31.2 Å². The lowest BCUT2D eigenvalue weighted by molar-refractivity contribution is -0.0605. The molecule has 0 aliphatic carbocycles. The molecule has 0 radical (unpaired) electrons. The molecular weight excluding hydrogens is 458 g/mol. The summed E-state index contributed by atoms with van der Waals surface area (Å²) in [5.41, 5.74) is 1.91. The summed E-state index contributed by atoms with van der Waals surface area (Å²) >= 11 is 0. The number of rotatable bonds is 4. The van der Waals surface area contributed by atoms with Gasteiger partial charge in [-0.25, -0.2) is 9.38 Å². The van der Waals surface area contributed by atoms with Crippen LogP contribution in [0.2, 0.25) is 0 Å². The van der Waals surface area contributed by atoms with Crippen LogP contribution in [-0.2, 0) is 11.3 Å². The number of aliphatic imine (C=N–C) groups is 1. The summed E-state index contributed by atoms with van der Waals surface area (Å²) in [6, 6.07) is 12.4. The molecule has 2 aromatic rings. The van der Waals surface area contributed by atoms with E-state index in [1.165, 1.54) is 12.1 Å². The average molecular weight is 484 g/mol. The first kappa shape index (κ1) is 21.6. The van der Waals surface area contributed by atoms with Crippen LogP contribution < -0.4 is 5.32 Å². The number of ether oxygens (including phenoxy) is 1. The highest BCUT2D eigenvalue weighted by atomic mass is 127. The lowest BCUT2D eigenvalue weighted by atomic mass is 10.1. The number of nitrogens with zero attached hydrogens (tertiary/aromatic N) is 3. The first-order chi connectivity index (χ1) is 12.7. The standard InChI is InChI=1S/C20H25FN4O.HI/c1-3-22-20(24-12-18-6-4-5-11-23-18)25-13-15(2)26-19(14-25)16-7-9-17(21)10-8-16;/h4-11,15,19H,3,12-14H2,1-2H3,(H,22,24);1H. The molecule has 7 heteroatoms. The van der Waals surface area contributed by atoms with Crippen LogP contribution in [0.25, 0.3) is 0 Å². The molecule has 2 atom stereocenters. The Bertz CT molecular complexity index is 727. The number of hydrogen-bond donors (Lipinski definition) is 1. The Morgan fingerprint density at radius 3 is 2.70 bits per heavy atom. The fourth-order valence-electron chi connectivity index (χ4n) is 3.06. The van der Waals surface area contributed by atoms with Crippen molar-refractivity contribution < 1.29 is 9.13 Å². The molecule has 1 aromatic carbocycles. The lowest BCUT2D eigenvalue weighted by Gasteiger charge is -2.38. The average Bonchev–Trinajstić information content (AvgIpc) is 2.66. The fourth-order valence-corrected chi connectivity index (χ4v) is 3.06. The summed E-state index contributed by atoms with van der Waals surface area (Å²) in [6.45, 7) is 6.84. The number of nitrogens with one attached hydrogen (secondary N) is 1. The molecule has 146 valence electrons. The summed E-state index contributed by atoms with van der Waals surface area (Å²) < 4.78 is 19.3. The van der Waals surface area contributed by atoms with E-state index in [9.17, 15) is 4.39 Å². The zero-order chi connectivity index (χ0) is 18.4. The molecule has 1 aliphatic rings. The summed E-state index contributed by atoms with van der Waals surface area (Å²) in [6.07, 6.45) is 1.72. The molecule has 27 heavy (non-hydrogen) atoms. The van der Waals surface area contributed by atoms with Gasteiger partial charge in [-0.1, -0.05) is 18.2 Å². The largest absolute Gasteiger partial charge is 0.367 e. The Hall–Kier alpha value is -1.74. The van der Waals surface area contributed by atoms with Crippen molar-refractivity contribution in [3.63, 3.8) is 0 Å². The van der Waals surface area contributed by atoms with Crippen LogP contribution >= 0.6 is 24.0 Å². The number of aromatic nitrogens is 1. The van der Waals surface area contributed by atoms with Crippen molar-refractivity contribution in [3.05, 3.63) is 65.7 Å². The molecule has 1 aliphatic heterocycles. The van der Waals surface area contributed by atoms with Gasteiger partial charge < -0.3 is 15.0 Å². The van der Waals surface area contributed by atoms with Gasteiger partial charge in [0.1, 0.15) is 11.9 Å². The van der Waals surface area contributed by atoms with E-state index in [2.05, 4.69) is 22.1 Å². The smallest absolute Gasteiger partial charge is 0.194 e. The van der Waals surface area contributed by atoms with Gasteiger partial charge in [0.2, 0.25) is 0 Å². The Morgan fingerprint density at radius 1 is 1.26 bits per heavy atom. The second-order valence-corrected chi connectivity index (χ2v) is 6.38. The molecule has 0 amide bonds. The van der Waals surface area contributed by atoms with Crippen LogP contribution in [0.15, 0.2) is 53.7 Å². The maximum atomic E-state index is 13.2. The topological polar surface area (TPSA) is 49.8 Å². The predicted molar refractivity (Wildman–Crippen MR) is 116 cm³/mol. The minimum Gasteiger partial charge on any atom is -0.367 e. The molecule has 1 fully saturated rings. The summed E-state index contributed by atoms with van der Waals surface area (Å²) in [4.78, 5) is 11.3. The predicted octanol–water partition coefficient (Wildman–Crippen LogP) is 3.77. The van der Waals surface area contributed by atoms with Gasteiger partial charge >= 0.3 is 0 Å². The van der Waals surface area contributed by atoms with Crippen LogP contribution in [-0.4, -0.2) is 41.6 Å². The molecule has 1 aromatic heterocycles. The number of benzene rings is 1. The van der Waals surface area contributed by atoms with Crippen LogP contribution in [0.3, 0.4) is 0 Å². The van der Waals surface area contributed by atoms with E-state index in [-0.39, 0.29) is 42.0 Å². The summed E-state index contributed by atoms with van der Waals surface area (Å²) in [5.74, 6) is 0.611. The number of pyridine rings is 1. The van der Waals surface area contributed by atoms with E-state index in [1.807, 2.05) is 25.1 Å². The fraction of sp³-hybridized carbons (Fsp3) is 0.400. The maximum absolute atomic E-state index is 13.2. The van der Waals surface area contributed by atoms with Crippen molar-refractivity contribution in [1.29, 1.82) is 0 Å². The molecule has 5 nitrogen and oxygen atoms in total. The number of guanidine groups is 1. The third-order valence-electron chi connectivity index (χ3n) is 4.25. The third-order valence-corrected chi connectivity index (χ3v) is 4.25. The van der Waals surface area contributed by atoms with E-state index in [1.54, 1.807) is 18.3 Å². The van der Waals surface area contributed by atoms with Gasteiger partial charge in [0.05, 0.1) is 24.9 Å². The van der Waals surface area contributed by atoms with Gasteiger partial charge in [0.25, 0.3) is 0 Å². The molecule has 3 rings (SSSR count). The monoisotopic (exact) mass is 484 g/mol. The molecule has 1 N–H and O–H groups in total. The van der Waals surface area contributed by atoms with Crippen LogP contribution in [0.4, 0.5) is 4.39 Å². The first-order valence-electron chi connectivity index (χ1n) is 8.99. The SMILES string of the molecule is CCNC(=NCc1ccccn1)N1CC(C)OC(c2ccc(F)cc2)C1.I. The minimum absolute atomic E-state index is 0. The van der Waals surface area contributed by atoms with Crippen molar-refractivity contribution in [1.82, 2.24) is 15.2 Å². The van der Waals surface area contributed by atoms with E-state index >= 15 is 0 Å². The highest BCUT2D eigenvalue weighted by Crippen LogP contribution is 2.25. The molecule has 0 spiro atoms. The number of hydrogen-bond acceptors (Lipinski definition) is 3. The molecule has 2 unspecified atom stereocenters. The number of halogens is 2. The molecule has 2 heterocycles. The lowest BCUT2D eigenvalue weighted by Crippen LogP contribution is -2.50. The van der Waals surface area contributed by atoms with Gasteiger partial charge in [0, 0.05) is 19.3 Å². The zero-order valence-electron chi connectivity index (χ0n) is 15.6. The second kappa shape index (κ2) is 10.6. The molecule has 0 bridgehead atoms. The molecule has 0 saturated carbocycles. The number of morpholine rings is 1. The summed E-state index contributed by atoms with van der Waals surface area (Å²) in [7, 11) is 0. The third kappa shape index (κ3) is 6.14. The van der Waals surface area contributed by atoms with E-state index in [4.69, 9.17) is 9.73 Å². The zero-order valence-corrected chi connectivity index (χ0v) is 18.0. The second-order valence-electron chi connectivity index (χ2n) is 6.38. The van der Waals surface area contributed by atoms with Gasteiger partial charge in [-0.05, 0) is 43.7 Å². The van der Waals surface area contributed by atoms with Gasteiger partial charge in [-0.3, -0.25) is 4.98 Å². The van der Waals surface area contributed by atoms with Crippen molar-refractivity contribution in [3.8, 4) is 0 Å². The Balaban J connectivity index is 0.00000261.